The van der Waals surface area contributed by atoms with Crippen molar-refractivity contribution in [2.45, 2.75) is 393 Å². The molecule has 2 unspecified atom stereocenters. The number of phosphoric ester groups is 2. The summed E-state index contributed by atoms with van der Waals surface area (Å²) in [5.41, 5.74) is 0. The fraction of sp³-hybridized carbons (Fsp3) is 0.870. The number of carbonyl (C=O) groups is 4. The van der Waals surface area contributed by atoms with E-state index < -0.39 is 97.5 Å². The second kappa shape index (κ2) is 70.7. The minimum atomic E-state index is -4.97. The molecule has 0 heterocycles. The molecule has 0 aliphatic heterocycles. The predicted molar refractivity (Wildman–Crippen MR) is 391 cm³/mol. The number of rotatable bonds is 75. The van der Waals surface area contributed by atoms with Gasteiger partial charge in [-0.25, -0.2) is 9.13 Å². The van der Waals surface area contributed by atoms with Crippen molar-refractivity contribution in [3.63, 3.8) is 0 Å². The van der Waals surface area contributed by atoms with Crippen LogP contribution in [0.4, 0.5) is 0 Å². The van der Waals surface area contributed by atoms with Crippen LogP contribution in [0.3, 0.4) is 0 Å². The Bertz CT molecular complexity index is 1970. The number of esters is 4. The largest absolute Gasteiger partial charge is 0.472 e. The Labute approximate surface area is 585 Å². The predicted octanol–water partition coefficient (Wildman–Crippen LogP) is 22.3. The molecule has 17 nitrogen and oxygen atoms in total. The summed E-state index contributed by atoms with van der Waals surface area (Å²) < 4.78 is 68.5. The lowest BCUT2D eigenvalue weighted by Gasteiger charge is -2.21. The first-order valence-electron chi connectivity index (χ1n) is 39.2. The molecule has 0 aromatic heterocycles. The van der Waals surface area contributed by atoms with Crippen LogP contribution in [-0.4, -0.2) is 96.7 Å². The topological polar surface area (TPSA) is 237 Å². The molecule has 0 saturated heterocycles. The number of unbranched alkanes of at least 4 members (excludes halogenated alkanes) is 43. The summed E-state index contributed by atoms with van der Waals surface area (Å²) in [6.45, 7) is 4.89. The summed E-state index contributed by atoms with van der Waals surface area (Å²) in [6.07, 6.45) is 65.5. The number of carbonyl (C=O) groups excluding carboxylic acids is 4. The van der Waals surface area contributed by atoms with Gasteiger partial charge in [-0.3, -0.25) is 37.3 Å². The maximum Gasteiger partial charge on any atom is 0.472 e. The third-order valence-corrected chi connectivity index (χ3v) is 19.0. The SMILES string of the molecule is CCCCCC/C=C\CCCCCCCCCC(=O)OC[C@H](COP(=O)(O)OC[C@@H](O)COP(=O)(O)OC[C@@H](COC(=O)CCCCCCCCCCCCCCCCC)OC(=O)CCCCCCC/C=C\CCCCCC)OC(=O)CCCCCCC/C=C\CCCCCC. The summed E-state index contributed by atoms with van der Waals surface area (Å²) >= 11 is 0. The number of hydrogen-bond acceptors (Lipinski definition) is 15. The van der Waals surface area contributed by atoms with Gasteiger partial charge in [0.1, 0.15) is 19.3 Å². The summed E-state index contributed by atoms with van der Waals surface area (Å²) in [4.78, 5) is 72.8. The molecular formula is C77H144O17P2. The number of ether oxygens (including phenoxy) is 4. The van der Waals surface area contributed by atoms with Crippen molar-refractivity contribution in [2.75, 3.05) is 39.6 Å². The molecule has 3 N–H and O–H groups in total. The van der Waals surface area contributed by atoms with Crippen LogP contribution in [-0.2, 0) is 65.4 Å². The Hall–Kier alpha value is -2.72. The van der Waals surface area contributed by atoms with E-state index in [0.717, 1.165) is 135 Å². The first-order chi connectivity index (χ1) is 46.7. The lowest BCUT2D eigenvalue weighted by molar-refractivity contribution is -0.161. The standard InChI is InChI=1S/C77H144O17P2/c1-5-9-13-17-21-25-29-33-35-39-41-45-49-53-57-61-74(79)87-67-72(93-76(81)63-59-55-51-47-43-37-31-27-23-19-15-11-7-3)69-91-95(83,84)89-65-71(78)66-90-96(85,86)92-70-73(94-77(82)64-60-56-52-48-44-38-32-28-24-20-16-12-8-4)68-88-75(80)62-58-54-50-46-42-40-36-34-30-26-22-18-14-10-6-2/h25,27-29,31-32,71-73,78H,5-24,26,30,33-70H2,1-4H3,(H,83,84)(H,85,86)/b29-25-,31-27-,32-28-/t71-,72-,73-/m1/s1. The molecule has 19 heteroatoms. The van der Waals surface area contributed by atoms with Crippen LogP contribution in [0.15, 0.2) is 36.5 Å². The molecule has 564 valence electrons. The molecule has 0 spiro atoms. The highest BCUT2D eigenvalue weighted by Gasteiger charge is 2.30. The highest BCUT2D eigenvalue weighted by atomic mass is 31.2. The monoisotopic (exact) mass is 1400 g/mol. The van der Waals surface area contributed by atoms with Gasteiger partial charge in [0.05, 0.1) is 26.4 Å². The molecule has 0 saturated carbocycles. The molecular weight excluding hydrogens is 1260 g/mol. The summed E-state index contributed by atoms with van der Waals surface area (Å²) in [5.74, 6) is -2.16. The molecule has 0 rings (SSSR count). The van der Waals surface area contributed by atoms with Crippen molar-refractivity contribution in [3.05, 3.63) is 36.5 Å². The van der Waals surface area contributed by atoms with Crippen molar-refractivity contribution in [3.8, 4) is 0 Å². The molecule has 0 radical (unpaired) electrons. The van der Waals surface area contributed by atoms with Crippen molar-refractivity contribution in [2.24, 2.45) is 0 Å². The van der Waals surface area contributed by atoms with Gasteiger partial charge in [0.25, 0.3) is 0 Å². The minimum absolute atomic E-state index is 0.0901. The van der Waals surface area contributed by atoms with E-state index in [4.69, 9.17) is 37.0 Å². The van der Waals surface area contributed by atoms with E-state index in [1.807, 2.05) is 0 Å². The van der Waals surface area contributed by atoms with Gasteiger partial charge in [-0.1, -0.05) is 282 Å². The lowest BCUT2D eigenvalue weighted by Crippen LogP contribution is -2.30. The maximum atomic E-state index is 13.1. The molecule has 0 fully saturated rings. The van der Waals surface area contributed by atoms with Crippen molar-refractivity contribution < 1.29 is 80.2 Å². The Morgan fingerprint density at radius 2 is 0.479 bits per heavy atom. The van der Waals surface area contributed by atoms with Crippen LogP contribution in [0.1, 0.15) is 374 Å². The van der Waals surface area contributed by atoms with E-state index in [-0.39, 0.29) is 25.7 Å². The van der Waals surface area contributed by atoms with Crippen LogP contribution < -0.4 is 0 Å². The van der Waals surface area contributed by atoms with Crippen molar-refractivity contribution in [1.29, 1.82) is 0 Å². The zero-order valence-electron chi connectivity index (χ0n) is 61.6. The quantitative estimate of drug-likeness (QED) is 0.0169. The maximum absolute atomic E-state index is 13.1. The lowest BCUT2D eigenvalue weighted by atomic mass is 10.0. The third-order valence-electron chi connectivity index (χ3n) is 17.1. The Morgan fingerprint density at radius 1 is 0.281 bits per heavy atom. The number of aliphatic hydroxyl groups is 1. The van der Waals surface area contributed by atoms with E-state index in [1.165, 1.54) is 161 Å². The fourth-order valence-corrected chi connectivity index (χ4v) is 12.6. The molecule has 0 aliphatic carbocycles. The highest BCUT2D eigenvalue weighted by Crippen LogP contribution is 2.45. The summed E-state index contributed by atoms with van der Waals surface area (Å²) in [6, 6.07) is 0. The second-order valence-electron chi connectivity index (χ2n) is 26.7. The van der Waals surface area contributed by atoms with Crippen LogP contribution >= 0.6 is 15.6 Å². The van der Waals surface area contributed by atoms with E-state index >= 15 is 0 Å². The van der Waals surface area contributed by atoms with Crippen LogP contribution in [0.25, 0.3) is 0 Å². The molecule has 0 amide bonds. The van der Waals surface area contributed by atoms with Crippen LogP contribution in [0.2, 0.25) is 0 Å². The number of allylic oxidation sites excluding steroid dienone is 6. The average Bonchev–Trinajstić information content (AvgIpc) is 1.14. The number of hydrogen-bond donors (Lipinski definition) is 3. The Balaban J connectivity index is 5.30. The van der Waals surface area contributed by atoms with Gasteiger partial charge >= 0.3 is 39.5 Å². The highest BCUT2D eigenvalue weighted by molar-refractivity contribution is 7.47. The van der Waals surface area contributed by atoms with Gasteiger partial charge in [0, 0.05) is 25.7 Å². The summed E-state index contributed by atoms with van der Waals surface area (Å²) in [7, 11) is -9.93. The Kier molecular flexibility index (Phi) is 68.7. The number of aliphatic hydroxyl groups excluding tert-OH is 1. The first kappa shape index (κ1) is 93.3. The summed E-state index contributed by atoms with van der Waals surface area (Å²) in [5, 5.41) is 10.6. The smallest absolute Gasteiger partial charge is 0.462 e. The molecule has 96 heavy (non-hydrogen) atoms. The van der Waals surface area contributed by atoms with E-state index in [0.29, 0.717) is 25.7 Å². The fourth-order valence-electron chi connectivity index (χ4n) is 11.0. The van der Waals surface area contributed by atoms with Gasteiger partial charge in [0.2, 0.25) is 0 Å². The Morgan fingerprint density at radius 3 is 0.729 bits per heavy atom. The molecule has 0 bridgehead atoms. The molecule has 0 aliphatic rings. The second-order valence-corrected chi connectivity index (χ2v) is 29.6. The number of phosphoric acid groups is 2. The minimum Gasteiger partial charge on any atom is -0.462 e. The van der Waals surface area contributed by atoms with Crippen LogP contribution in [0, 0.1) is 0 Å². The van der Waals surface area contributed by atoms with Gasteiger partial charge in [-0.05, 0) is 103 Å². The van der Waals surface area contributed by atoms with E-state index in [2.05, 4.69) is 64.2 Å². The van der Waals surface area contributed by atoms with E-state index in [1.54, 1.807) is 0 Å². The zero-order valence-corrected chi connectivity index (χ0v) is 63.4. The van der Waals surface area contributed by atoms with Gasteiger partial charge in [0.15, 0.2) is 12.2 Å². The average molecular weight is 1400 g/mol. The van der Waals surface area contributed by atoms with Gasteiger partial charge in [-0.2, -0.15) is 0 Å². The molecule has 0 aromatic carbocycles. The van der Waals surface area contributed by atoms with Gasteiger partial charge in [-0.15, -0.1) is 0 Å². The van der Waals surface area contributed by atoms with Gasteiger partial charge < -0.3 is 33.8 Å². The van der Waals surface area contributed by atoms with Crippen molar-refractivity contribution >= 4 is 39.5 Å². The van der Waals surface area contributed by atoms with E-state index in [9.17, 15) is 43.2 Å². The van der Waals surface area contributed by atoms with Crippen LogP contribution in [0.5, 0.6) is 0 Å². The molecule has 5 atom stereocenters. The third kappa shape index (κ3) is 69.7. The zero-order chi connectivity index (χ0) is 70.4. The van der Waals surface area contributed by atoms with Crippen molar-refractivity contribution in [1.82, 2.24) is 0 Å². The first-order valence-corrected chi connectivity index (χ1v) is 42.2. The normalized spacial score (nSPS) is 14.1. The molecule has 0 aromatic rings.